The molecule has 0 spiro atoms. The number of anilines is 1. The molecule has 5 nitrogen and oxygen atoms in total. The largest absolute Gasteiger partial charge is 0.347 e. The molecule has 0 aliphatic rings. The number of nitrogens with one attached hydrogen (secondary N) is 2. The first-order valence-corrected chi connectivity index (χ1v) is 6.74. The van der Waals surface area contributed by atoms with Gasteiger partial charge >= 0.3 is 0 Å². The number of carbonyl (C=O) groups excluding carboxylic acids is 2. The van der Waals surface area contributed by atoms with Gasteiger partial charge in [0, 0.05) is 23.2 Å². The Bertz CT molecular complexity index is 461. The van der Waals surface area contributed by atoms with E-state index in [-0.39, 0.29) is 17.4 Å². The zero-order valence-electron chi connectivity index (χ0n) is 12.3. The molecule has 0 radical (unpaired) electrons. The highest BCUT2D eigenvalue weighted by Crippen LogP contribution is 2.11. The molecule has 0 aliphatic carbocycles. The summed E-state index contributed by atoms with van der Waals surface area (Å²) in [4.78, 5) is 23.5. The summed E-state index contributed by atoms with van der Waals surface area (Å²) < 4.78 is 0. The summed E-state index contributed by atoms with van der Waals surface area (Å²) in [5.41, 5.74) is 6.33. The van der Waals surface area contributed by atoms with Gasteiger partial charge in [0.1, 0.15) is 0 Å². The lowest BCUT2D eigenvalue weighted by molar-refractivity contribution is -0.116. The van der Waals surface area contributed by atoms with E-state index in [1.54, 1.807) is 24.3 Å². The quantitative estimate of drug-likeness (QED) is 0.768. The van der Waals surface area contributed by atoms with Crippen LogP contribution in [0, 0.1) is 0 Å². The monoisotopic (exact) mass is 277 g/mol. The third kappa shape index (κ3) is 5.84. The van der Waals surface area contributed by atoms with Gasteiger partial charge in [0.15, 0.2) is 0 Å². The van der Waals surface area contributed by atoms with Gasteiger partial charge in [0.05, 0.1) is 0 Å². The fourth-order valence-electron chi connectivity index (χ4n) is 1.60. The molecule has 1 aromatic carbocycles. The SMILES string of the molecule is CC(C)(C)NC(=O)c1ccc(NC(=O)CCCN)cc1. The summed E-state index contributed by atoms with van der Waals surface area (Å²) in [6.07, 6.45) is 1.07. The van der Waals surface area contributed by atoms with Crippen molar-refractivity contribution in [2.24, 2.45) is 5.73 Å². The molecular formula is C15H23N3O2. The summed E-state index contributed by atoms with van der Waals surface area (Å²) in [6.45, 7) is 6.28. The minimum absolute atomic E-state index is 0.0673. The van der Waals surface area contributed by atoms with E-state index < -0.39 is 0 Å². The second-order valence-electron chi connectivity index (χ2n) is 5.72. The number of hydrogen-bond acceptors (Lipinski definition) is 3. The number of rotatable bonds is 5. The molecule has 0 atom stereocenters. The van der Waals surface area contributed by atoms with Crippen molar-refractivity contribution in [1.29, 1.82) is 0 Å². The van der Waals surface area contributed by atoms with Gasteiger partial charge in [-0.1, -0.05) is 0 Å². The Hall–Kier alpha value is -1.88. The van der Waals surface area contributed by atoms with E-state index in [9.17, 15) is 9.59 Å². The van der Waals surface area contributed by atoms with Crippen LogP contribution < -0.4 is 16.4 Å². The molecule has 4 N–H and O–H groups in total. The van der Waals surface area contributed by atoms with Crippen molar-refractivity contribution in [3.8, 4) is 0 Å². The number of nitrogens with two attached hydrogens (primary N) is 1. The van der Waals surface area contributed by atoms with Crippen LogP contribution in [0.2, 0.25) is 0 Å². The van der Waals surface area contributed by atoms with E-state index in [4.69, 9.17) is 5.73 Å². The summed E-state index contributed by atoms with van der Waals surface area (Å²) in [6, 6.07) is 6.83. The molecule has 0 bridgehead atoms. The Morgan fingerprint density at radius 3 is 2.25 bits per heavy atom. The van der Waals surface area contributed by atoms with Crippen LogP contribution in [0.3, 0.4) is 0 Å². The van der Waals surface area contributed by atoms with Crippen LogP contribution >= 0.6 is 0 Å². The van der Waals surface area contributed by atoms with Crippen LogP contribution in [-0.4, -0.2) is 23.9 Å². The first kappa shape index (κ1) is 16.2. The van der Waals surface area contributed by atoms with Crippen molar-refractivity contribution in [1.82, 2.24) is 5.32 Å². The molecule has 1 rings (SSSR count). The Labute approximate surface area is 119 Å². The number of benzene rings is 1. The highest BCUT2D eigenvalue weighted by Gasteiger charge is 2.15. The van der Waals surface area contributed by atoms with E-state index in [1.807, 2.05) is 20.8 Å². The van der Waals surface area contributed by atoms with Crippen molar-refractivity contribution < 1.29 is 9.59 Å². The second kappa shape index (κ2) is 7.05. The summed E-state index contributed by atoms with van der Waals surface area (Å²) >= 11 is 0. The highest BCUT2D eigenvalue weighted by atomic mass is 16.2. The molecule has 0 heterocycles. The van der Waals surface area contributed by atoms with Crippen LogP contribution in [0.1, 0.15) is 44.0 Å². The Morgan fingerprint density at radius 1 is 1.15 bits per heavy atom. The third-order valence-electron chi connectivity index (χ3n) is 2.53. The Kier molecular flexibility index (Phi) is 5.70. The van der Waals surface area contributed by atoms with Crippen LogP contribution in [0.4, 0.5) is 5.69 Å². The topological polar surface area (TPSA) is 84.2 Å². The number of carbonyl (C=O) groups is 2. The first-order valence-electron chi connectivity index (χ1n) is 6.74. The standard InChI is InChI=1S/C15H23N3O2/c1-15(2,3)18-14(20)11-6-8-12(9-7-11)17-13(19)5-4-10-16/h6-9H,4-5,10,16H2,1-3H3,(H,17,19)(H,18,20). The zero-order valence-corrected chi connectivity index (χ0v) is 12.3. The average Bonchev–Trinajstić information content (AvgIpc) is 2.35. The number of amides is 2. The fourth-order valence-corrected chi connectivity index (χ4v) is 1.60. The van der Waals surface area contributed by atoms with Crippen LogP contribution in [-0.2, 0) is 4.79 Å². The average molecular weight is 277 g/mol. The molecule has 5 heteroatoms. The van der Waals surface area contributed by atoms with Gasteiger partial charge in [-0.15, -0.1) is 0 Å². The smallest absolute Gasteiger partial charge is 0.251 e. The molecule has 0 unspecified atom stereocenters. The fraction of sp³-hybridized carbons (Fsp3) is 0.467. The number of hydrogen-bond donors (Lipinski definition) is 3. The molecule has 0 aliphatic heterocycles. The lowest BCUT2D eigenvalue weighted by atomic mass is 10.1. The van der Waals surface area contributed by atoms with Gasteiger partial charge in [-0.05, 0) is 58.0 Å². The van der Waals surface area contributed by atoms with E-state index in [0.29, 0.717) is 30.6 Å². The van der Waals surface area contributed by atoms with E-state index >= 15 is 0 Å². The molecule has 0 saturated heterocycles. The summed E-state index contributed by atoms with van der Waals surface area (Å²) in [5, 5.41) is 5.65. The van der Waals surface area contributed by atoms with E-state index in [2.05, 4.69) is 10.6 Å². The van der Waals surface area contributed by atoms with Crippen molar-refractivity contribution in [3.63, 3.8) is 0 Å². The van der Waals surface area contributed by atoms with Gasteiger partial charge in [0.2, 0.25) is 5.91 Å². The minimum Gasteiger partial charge on any atom is -0.347 e. The van der Waals surface area contributed by atoms with Gasteiger partial charge < -0.3 is 16.4 Å². The molecule has 2 amide bonds. The van der Waals surface area contributed by atoms with Gasteiger partial charge in [0.25, 0.3) is 5.91 Å². The molecule has 20 heavy (non-hydrogen) atoms. The van der Waals surface area contributed by atoms with Crippen molar-refractivity contribution in [3.05, 3.63) is 29.8 Å². The van der Waals surface area contributed by atoms with Gasteiger partial charge in [-0.2, -0.15) is 0 Å². The first-order chi connectivity index (χ1) is 9.31. The highest BCUT2D eigenvalue weighted by molar-refractivity contribution is 5.96. The lowest BCUT2D eigenvalue weighted by Gasteiger charge is -2.20. The Morgan fingerprint density at radius 2 is 1.75 bits per heavy atom. The predicted molar refractivity (Wildman–Crippen MR) is 80.6 cm³/mol. The molecule has 110 valence electrons. The Balaban J connectivity index is 2.60. The predicted octanol–water partition coefficient (Wildman–Crippen LogP) is 1.89. The third-order valence-corrected chi connectivity index (χ3v) is 2.53. The van der Waals surface area contributed by atoms with Gasteiger partial charge in [-0.3, -0.25) is 9.59 Å². The van der Waals surface area contributed by atoms with Crippen LogP contribution in [0.25, 0.3) is 0 Å². The lowest BCUT2D eigenvalue weighted by Crippen LogP contribution is -2.40. The van der Waals surface area contributed by atoms with Crippen molar-refractivity contribution >= 4 is 17.5 Å². The maximum absolute atomic E-state index is 11.9. The maximum atomic E-state index is 11.9. The van der Waals surface area contributed by atoms with Crippen LogP contribution in [0.5, 0.6) is 0 Å². The molecular weight excluding hydrogens is 254 g/mol. The van der Waals surface area contributed by atoms with Crippen molar-refractivity contribution in [2.75, 3.05) is 11.9 Å². The van der Waals surface area contributed by atoms with Crippen LogP contribution in [0.15, 0.2) is 24.3 Å². The van der Waals surface area contributed by atoms with E-state index in [1.165, 1.54) is 0 Å². The molecule has 1 aromatic rings. The van der Waals surface area contributed by atoms with Crippen molar-refractivity contribution in [2.45, 2.75) is 39.2 Å². The minimum atomic E-state index is -0.272. The molecule has 0 aromatic heterocycles. The summed E-state index contributed by atoms with van der Waals surface area (Å²) in [5.74, 6) is -0.194. The normalized spacial score (nSPS) is 11.0. The van der Waals surface area contributed by atoms with E-state index in [0.717, 1.165) is 0 Å². The second-order valence-corrected chi connectivity index (χ2v) is 5.72. The van der Waals surface area contributed by atoms with Gasteiger partial charge in [-0.25, -0.2) is 0 Å². The molecule has 0 fully saturated rings. The maximum Gasteiger partial charge on any atom is 0.251 e. The zero-order chi connectivity index (χ0) is 15.2. The summed E-state index contributed by atoms with van der Waals surface area (Å²) in [7, 11) is 0. The molecule has 0 saturated carbocycles.